The molecule has 2 heterocycles. The van der Waals surface area contributed by atoms with Crippen LogP contribution in [0.5, 0.6) is 0 Å². The highest BCUT2D eigenvalue weighted by Crippen LogP contribution is 2.32. The molecular weight excluding hydrogens is 176 g/mol. The molecule has 0 saturated carbocycles. The average Bonchev–Trinajstić information content (AvgIpc) is 2.57. The Bertz CT molecular complexity index is 389. The van der Waals surface area contributed by atoms with Gasteiger partial charge in [-0.1, -0.05) is 0 Å². The molecule has 0 radical (unpaired) electrons. The smallest absolute Gasteiger partial charge is 0.174 e. The van der Waals surface area contributed by atoms with Gasteiger partial charge in [-0.3, -0.25) is 5.41 Å². The van der Waals surface area contributed by atoms with Crippen molar-refractivity contribution in [3.63, 3.8) is 0 Å². The fourth-order valence-corrected chi connectivity index (χ4v) is 2.22. The van der Waals surface area contributed by atoms with Crippen LogP contribution in [0.25, 0.3) is 0 Å². The van der Waals surface area contributed by atoms with Crippen LogP contribution in [0, 0.1) is 5.41 Å². The summed E-state index contributed by atoms with van der Waals surface area (Å²) in [5, 5.41) is 18.8. The van der Waals surface area contributed by atoms with E-state index < -0.39 is 0 Å². The number of amidine groups is 1. The lowest BCUT2D eigenvalue weighted by Gasteiger charge is -2.26. The van der Waals surface area contributed by atoms with E-state index >= 15 is 0 Å². The molecule has 0 aromatic carbocycles. The van der Waals surface area contributed by atoms with Gasteiger partial charge >= 0.3 is 0 Å². The van der Waals surface area contributed by atoms with Crippen molar-refractivity contribution in [1.82, 2.24) is 5.32 Å². The topological polar surface area (TPSA) is 60.6 Å². The first-order valence-electron chi connectivity index (χ1n) is 5.04. The van der Waals surface area contributed by atoms with E-state index in [4.69, 9.17) is 5.41 Å². The summed E-state index contributed by atoms with van der Waals surface area (Å²) >= 11 is 0. The maximum Gasteiger partial charge on any atom is 0.174 e. The minimum Gasteiger partial charge on any atom is -0.362 e. The lowest BCUT2D eigenvalue weighted by molar-refractivity contribution is 0.572. The summed E-state index contributed by atoms with van der Waals surface area (Å²) in [6.07, 6.45) is 6.81. The zero-order valence-electron chi connectivity index (χ0n) is 7.88. The maximum absolute atomic E-state index is 7.59. The molecule has 0 spiro atoms. The summed E-state index contributed by atoms with van der Waals surface area (Å²) < 4.78 is 0. The molecule has 0 amide bonds. The summed E-state index contributed by atoms with van der Waals surface area (Å²) in [4.78, 5) is 0. The number of nitrogens with one attached hydrogen (secondary N) is 2. The fraction of sp³-hybridized carbons (Fsp3) is 0.500. The van der Waals surface area contributed by atoms with Crippen molar-refractivity contribution in [1.29, 1.82) is 5.41 Å². The summed E-state index contributed by atoms with van der Waals surface area (Å²) in [5.41, 5.74) is 3.61. The van der Waals surface area contributed by atoms with E-state index in [2.05, 4.69) is 21.6 Å². The highest BCUT2D eigenvalue weighted by atomic mass is 15.3. The quantitative estimate of drug-likeness (QED) is 0.601. The molecule has 0 unspecified atom stereocenters. The Morgan fingerprint density at radius 3 is 3.14 bits per heavy atom. The van der Waals surface area contributed by atoms with Gasteiger partial charge in [0, 0.05) is 11.3 Å². The molecular formula is C10H12N4. The van der Waals surface area contributed by atoms with Crippen molar-refractivity contribution in [3.05, 3.63) is 22.9 Å². The summed E-state index contributed by atoms with van der Waals surface area (Å²) in [7, 11) is 0. The predicted octanol–water partition coefficient (Wildman–Crippen LogP) is 2.11. The largest absolute Gasteiger partial charge is 0.362 e. The number of hydrogen-bond donors (Lipinski definition) is 2. The summed E-state index contributed by atoms with van der Waals surface area (Å²) in [5.74, 6) is 0.319. The number of allylic oxidation sites excluding steroid dienone is 3. The van der Waals surface area contributed by atoms with Crippen LogP contribution in [0.4, 0.5) is 0 Å². The Kier molecular flexibility index (Phi) is 1.56. The molecule has 3 rings (SSSR count). The van der Waals surface area contributed by atoms with Gasteiger partial charge < -0.3 is 5.32 Å². The molecule has 1 atom stereocenters. The highest BCUT2D eigenvalue weighted by molar-refractivity contribution is 5.99. The zero-order chi connectivity index (χ0) is 9.54. The number of azo groups is 1. The Morgan fingerprint density at radius 1 is 1.36 bits per heavy atom. The highest BCUT2D eigenvalue weighted by Gasteiger charge is 2.29. The molecule has 0 aromatic heterocycles. The normalized spacial score (nSPS) is 29.6. The molecule has 4 nitrogen and oxygen atoms in total. The van der Waals surface area contributed by atoms with Crippen LogP contribution in [0.3, 0.4) is 0 Å². The van der Waals surface area contributed by atoms with Crippen LogP contribution in [0.1, 0.15) is 25.7 Å². The van der Waals surface area contributed by atoms with Crippen molar-refractivity contribution in [3.8, 4) is 0 Å². The second-order valence-electron chi connectivity index (χ2n) is 3.92. The second kappa shape index (κ2) is 2.77. The number of nitrogens with zero attached hydrogens (tertiary/aromatic N) is 2. The molecule has 0 fully saturated rings. The van der Waals surface area contributed by atoms with E-state index in [1.54, 1.807) is 0 Å². The molecule has 0 bridgehead atoms. The van der Waals surface area contributed by atoms with Crippen molar-refractivity contribution in [2.45, 2.75) is 31.8 Å². The number of dihydropyridines is 1. The monoisotopic (exact) mass is 188 g/mol. The van der Waals surface area contributed by atoms with Crippen molar-refractivity contribution in [2.24, 2.45) is 10.2 Å². The third-order valence-electron chi connectivity index (χ3n) is 2.99. The number of fused-ring (bicyclic) bond motifs is 1. The van der Waals surface area contributed by atoms with Crippen molar-refractivity contribution >= 4 is 5.84 Å². The molecule has 4 heteroatoms. The van der Waals surface area contributed by atoms with Gasteiger partial charge in [-0.25, -0.2) is 0 Å². The molecule has 72 valence electrons. The number of hydrogen-bond acceptors (Lipinski definition) is 3. The zero-order valence-corrected chi connectivity index (χ0v) is 7.88. The molecule has 1 aliphatic carbocycles. The van der Waals surface area contributed by atoms with E-state index in [-0.39, 0.29) is 6.17 Å². The average molecular weight is 188 g/mol. The third kappa shape index (κ3) is 1.03. The molecule has 2 N–H and O–H groups in total. The van der Waals surface area contributed by atoms with Crippen LogP contribution >= 0.6 is 0 Å². The number of rotatable bonds is 0. The van der Waals surface area contributed by atoms with E-state index in [1.165, 1.54) is 24.1 Å². The van der Waals surface area contributed by atoms with Gasteiger partial charge in [-0.05, 0) is 37.3 Å². The first-order valence-corrected chi connectivity index (χ1v) is 5.04. The van der Waals surface area contributed by atoms with Crippen molar-refractivity contribution < 1.29 is 0 Å². The second-order valence-corrected chi connectivity index (χ2v) is 3.92. The minimum absolute atomic E-state index is 0.0700. The van der Waals surface area contributed by atoms with Gasteiger partial charge in [-0.2, -0.15) is 5.11 Å². The minimum atomic E-state index is -0.0700. The summed E-state index contributed by atoms with van der Waals surface area (Å²) in [6, 6.07) is 0. The fourth-order valence-electron chi connectivity index (χ4n) is 2.22. The Balaban J connectivity index is 2.01. The van der Waals surface area contributed by atoms with Gasteiger partial charge in [0.25, 0.3) is 0 Å². The van der Waals surface area contributed by atoms with E-state index in [0.717, 1.165) is 18.4 Å². The van der Waals surface area contributed by atoms with Crippen LogP contribution in [-0.4, -0.2) is 12.0 Å². The van der Waals surface area contributed by atoms with Crippen molar-refractivity contribution in [2.75, 3.05) is 0 Å². The third-order valence-corrected chi connectivity index (χ3v) is 2.99. The van der Waals surface area contributed by atoms with Gasteiger partial charge in [0.1, 0.15) is 0 Å². The van der Waals surface area contributed by atoms with Crippen LogP contribution in [0.2, 0.25) is 0 Å². The standard InChI is InChI=1S/C10H12N4/c11-9-7-5-6-3-1-2-4-8(6)12-10(7)14-13-9/h5,10-12H,1-4H2/t10-/m1/s1. The first-order chi connectivity index (χ1) is 6.84. The van der Waals surface area contributed by atoms with E-state index in [1.807, 2.05) is 0 Å². The van der Waals surface area contributed by atoms with Crippen LogP contribution in [0.15, 0.2) is 33.1 Å². The van der Waals surface area contributed by atoms with Crippen LogP contribution in [-0.2, 0) is 0 Å². The van der Waals surface area contributed by atoms with Crippen LogP contribution < -0.4 is 5.32 Å². The Morgan fingerprint density at radius 2 is 2.21 bits per heavy atom. The van der Waals surface area contributed by atoms with E-state index in [9.17, 15) is 0 Å². The van der Waals surface area contributed by atoms with E-state index in [0.29, 0.717) is 5.84 Å². The van der Waals surface area contributed by atoms with Gasteiger partial charge in [0.2, 0.25) is 0 Å². The Hall–Kier alpha value is -1.45. The predicted molar refractivity (Wildman–Crippen MR) is 53.1 cm³/mol. The first kappa shape index (κ1) is 7.91. The molecule has 0 saturated heterocycles. The molecule has 3 aliphatic rings. The Labute approximate surface area is 82.3 Å². The van der Waals surface area contributed by atoms with Gasteiger partial charge in [0.15, 0.2) is 12.0 Å². The van der Waals surface area contributed by atoms with Gasteiger partial charge in [-0.15, -0.1) is 5.11 Å². The lowest BCUT2D eigenvalue weighted by Crippen LogP contribution is -2.32. The SMILES string of the molecule is N=C1N=N[C@H]2NC3=C(C=C12)CCCC3. The molecule has 2 aliphatic heterocycles. The molecule has 0 aromatic rings. The molecule has 14 heavy (non-hydrogen) atoms. The lowest BCUT2D eigenvalue weighted by atomic mass is 9.91. The summed E-state index contributed by atoms with van der Waals surface area (Å²) in [6.45, 7) is 0. The maximum atomic E-state index is 7.59. The van der Waals surface area contributed by atoms with Gasteiger partial charge in [0.05, 0.1) is 0 Å².